The minimum Gasteiger partial charge on any atom is -0.507 e. The monoisotopic (exact) mass is 449 g/mol. The smallest absolute Gasteiger partial charge is 0.295 e. The van der Waals surface area contributed by atoms with Gasteiger partial charge in [-0.05, 0) is 60.6 Å². The third-order valence-electron chi connectivity index (χ3n) is 6.48. The Morgan fingerprint density at radius 1 is 1.09 bits per heavy atom. The quantitative estimate of drug-likeness (QED) is 0.231. The van der Waals surface area contributed by atoms with Gasteiger partial charge in [0, 0.05) is 12.1 Å². The van der Waals surface area contributed by atoms with E-state index < -0.39 is 17.7 Å². The Morgan fingerprint density at radius 2 is 1.79 bits per heavy atom. The first-order chi connectivity index (χ1) is 15.7. The van der Waals surface area contributed by atoms with Gasteiger partial charge in [-0.15, -0.1) is 0 Å². The van der Waals surface area contributed by atoms with Gasteiger partial charge in [-0.3, -0.25) is 9.59 Å². The third kappa shape index (κ3) is 4.68. The fourth-order valence-corrected chi connectivity index (χ4v) is 4.59. The van der Waals surface area contributed by atoms with Crippen LogP contribution in [0, 0.1) is 13.8 Å². The van der Waals surface area contributed by atoms with Crippen molar-refractivity contribution in [2.24, 2.45) is 0 Å². The maximum atomic E-state index is 13.3. The van der Waals surface area contributed by atoms with E-state index in [9.17, 15) is 14.7 Å². The average molecular weight is 450 g/mol. The van der Waals surface area contributed by atoms with E-state index in [0.29, 0.717) is 12.1 Å². The maximum Gasteiger partial charge on any atom is 0.295 e. The molecule has 2 aromatic rings. The molecule has 1 saturated heterocycles. The van der Waals surface area contributed by atoms with Crippen LogP contribution in [0.1, 0.15) is 79.8 Å². The van der Waals surface area contributed by atoms with Crippen molar-refractivity contribution in [2.75, 3.05) is 13.7 Å². The number of amides is 1. The highest BCUT2D eigenvalue weighted by atomic mass is 16.5. The number of carbonyl (C=O) groups excluding carboxylic acids is 2. The zero-order chi connectivity index (χ0) is 24.3. The number of benzene rings is 2. The summed E-state index contributed by atoms with van der Waals surface area (Å²) in [6, 6.07) is 10.9. The Labute approximate surface area is 197 Å². The van der Waals surface area contributed by atoms with E-state index in [1.807, 2.05) is 50.2 Å². The van der Waals surface area contributed by atoms with Gasteiger partial charge in [0.15, 0.2) is 0 Å². The summed E-state index contributed by atoms with van der Waals surface area (Å²) < 4.78 is 5.54. The third-order valence-corrected chi connectivity index (χ3v) is 6.48. The normalized spacial score (nSPS) is 17.8. The molecule has 1 atom stereocenters. The van der Waals surface area contributed by atoms with Gasteiger partial charge < -0.3 is 14.7 Å². The number of aliphatic hydroxyl groups is 1. The number of carbonyl (C=O) groups is 2. The molecule has 1 unspecified atom stereocenters. The van der Waals surface area contributed by atoms with Crippen LogP contribution in [-0.4, -0.2) is 35.4 Å². The Morgan fingerprint density at radius 3 is 2.39 bits per heavy atom. The molecule has 0 aliphatic carbocycles. The molecule has 1 fully saturated rings. The first kappa shape index (κ1) is 24.6. The summed E-state index contributed by atoms with van der Waals surface area (Å²) in [6.07, 6.45) is 2.80. The van der Waals surface area contributed by atoms with Crippen LogP contribution >= 0.6 is 0 Å². The molecule has 0 aromatic heterocycles. The summed E-state index contributed by atoms with van der Waals surface area (Å²) in [7, 11) is 1.63. The zero-order valence-electron chi connectivity index (χ0n) is 20.6. The van der Waals surface area contributed by atoms with Gasteiger partial charge in [0.05, 0.1) is 18.7 Å². The number of ether oxygens (including phenoxy) is 1. The molecule has 176 valence electrons. The summed E-state index contributed by atoms with van der Waals surface area (Å²) in [6.45, 7) is 10.5. The second-order valence-electron chi connectivity index (χ2n) is 9.12. The lowest BCUT2D eigenvalue weighted by Crippen LogP contribution is -2.31. The number of methoxy groups -OCH3 is 1. The van der Waals surface area contributed by atoms with Crippen molar-refractivity contribution in [3.8, 4) is 5.75 Å². The fourth-order valence-electron chi connectivity index (χ4n) is 4.59. The van der Waals surface area contributed by atoms with E-state index in [1.54, 1.807) is 12.0 Å². The fraction of sp³-hybridized carbons (Fsp3) is 0.429. The Bertz CT molecular complexity index is 1080. The van der Waals surface area contributed by atoms with Crippen molar-refractivity contribution in [3.63, 3.8) is 0 Å². The average Bonchev–Trinajstić information content (AvgIpc) is 3.03. The molecule has 5 heteroatoms. The highest BCUT2D eigenvalue weighted by molar-refractivity contribution is 6.46. The molecule has 1 N–H and O–H groups in total. The molecule has 3 rings (SSSR count). The lowest BCUT2D eigenvalue weighted by Gasteiger charge is -2.27. The number of unbranched alkanes of at least 4 members (excludes halogenated alkanes) is 2. The molecule has 2 aromatic carbocycles. The van der Waals surface area contributed by atoms with Crippen molar-refractivity contribution in [3.05, 3.63) is 69.8 Å². The highest BCUT2D eigenvalue weighted by Gasteiger charge is 2.46. The Kier molecular flexibility index (Phi) is 7.62. The minimum atomic E-state index is -0.626. The van der Waals surface area contributed by atoms with Crippen LogP contribution < -0.4 is 4.74 Å². The van der Waals surface area contributed by atoms with Gasteiger partial charge in [0.2, 0.25) is 0 Å². The number of ketones is 1. The van der Waals surface area contributed by atoms with Gasteiger partial charge in [-0.1, -0.05) is 57.9 Å². The van der Waals surface area contributed by atoms with E-state index in [0.717, 1.165) is 47.3 Å². The van der Waals surface area contributed by atoms with E-state index >= 15 is 0 Å². The van der Waals surface area contributed by atoms with Crippen molar-refractivity contribution in [1.29, 1.82) is 0 Å². The van der Waals surface area contributed by atoms with Crippen LogP contribution in [0.3, 0.4) is 0 Å². The molecule has 1 aliphatic rings. The number of hydrogen-bond acceptors (Lipinski definition) is 4. The van der Waals surface area contributed by atoms with Gasteiger partial charge in [0.25, 0.3) is 11.7 Å². The molecule has 5 nitrogen and oxygen atoms in total. The van der Waals surface area contributed by atoms with Crippen LogP contribution in [-0.2, 0) is 9.59 Å². The summed E-state index contributed by atoms with van der Waals surface area (Å²) >= 11 is 0. The van der Waals surface area contributed by atoms with Crippen molar-refractivity contribution in [1.82, 2.24) is 4.90 Å². The molecule has 0 spiro atoms. The molecule has 0 bridgehead atoms. The molecule has 33 heavy (non-hydrogen) atoms. The Hall–Kier alpha value is -3.08. The number of hydrogen-bond donors (Lipinski definition) is 1. The molecular weight excluding hydrogens is 414 g/mol. The lowest BCUT2D eigenvalue weighted by molar-refractivity contribution is -0.139. The van der Waals surface area contributed by atoms with Crippen molar-refractivity contribution in [2.45, 2.75) is 65.8 Å². The number of aryl methyl sites for hydroxylation is 2. The Balaban J connectivity index is 2.23. The number of nitrogens with zero attached hydrogens (tertiary/aromatic N) is 1. The lowest BCUT2D eigenvalue weighted by atomic mass is 9.89. The SMILES string of the molecule is CCCCCN1C(=O)C(=O)/C(=C(/O)c2cc(C(C)C)c(OC)cc2C)C1c1ccccc1C. The molecule has 1 amide bonds. The van der Waals surface area contributed by atoms with Gasteiger partial charge in [-0.2, -0.15) is 0 Å². The minimum absolute atomic E-state index is 0.123. The molecule has 1 aliphatic heterocycles. The van der Waals surface area contributed by atoms with E-state index in [-0.39, 0.29) is 17.3 Å². The van der Waals surface area contributed by atoms with Crippen LogP contribution in [0.15, 0.2) is 42.0 Å². The molecule has 0 radical (unpaired) electrons. The van der Waals surface area contributed by atoms with E-state index in [1.165, 1.54) is 0 Å². The second-order valence-corrected chi connectivity index (χ2v) is 9.12. The summed E-state index contributed by atoms with van der Waals surface area (Å²) in [5, 5.41) is 11.5. The number of likely N-dealkylation sites (tertiary alicyclic amines) is 1. The van der Waals surface area contributed by atoms with Gasteiger partial charge in [0.1, 0.15) is 11.5 Å². The largest absolute Gasteiger partial charge is 0.507 e. The van der Waals surface area contributed by atoms with Gasteiger partial charge >= 0.3 is 0 Å². The van der Waals surface area contributed by atoms with E-state index in [4.69, 9.17) is 4.74 Å². The summed E-state index contributed by atoms with van der Waals surface area (Å²) in [5.74, 6) is -0.387. The summed E-state index contributed by atoms with van der Waals surface area (Å²) in [5.41, 5.74) is 4.29. The van der Waals surface area contributed by atoms with Crippen LogP contribution in [0.2, 0.25) is 0 Å². The van der Waals surface area contributed by atoms with Crippen molar-refractivity contribution < 1.29 is 19.4 Å². The standard InChI is InChI=1S/C28H35NO4/c1-7-8-11-14-29-25(20-13-10-9-12-18(20)4)24(27(31)28(29)32)26(30)22-16-21(17(2)3)23(33-6)15-19(22)5/h9-10,12-13,15-17,25,30H,7-8,11,14H2,1-6H3/b26-24+. The number of aliphatic hydroxyl groups excluding tert-OH is 1. The second kappa shape index (κ2) is 10.2. The predicted octanol–water partition coefficient (Wildman–Crippen LogP) is 6.05. The van der Waals surface area contributed by atoms with Crippen LogP contribution in [0.5, 0.6) is 5.75 Å². The highest BCUT2D eigenvalue weighted by Crippen LogP contribution is 2.42. The van der Waals surface area contributed by atoms with E-state index in [2.05, 4.69) is 20.8 Å². The van der Waals surface area contributed by atoms with Crippen LogP contribution in [0.4, 0.5) is 0 Å². The first-order valence-electron chi connectivity index (χ1n) is 11.8. The molecular formula is C28H35NO4. The number of Topliss-reactive ketones (excluding diaryl/α,β-unsaturated/α-hetero) is 1. The molecule has 0 saturated carbocycles. The van der Waals surface area contributed by atoms with Gasteiger partial charge in [-0.25, -0.2) is 0 Å². The molecule has 1 heterocycles. The number of rotatable bonds is 8. The first-order valence-corrected chi connectivity index (χ1v) is 11.8. The maximum absolute atomic E-state index is 13.3. The zero-order valence-corrected chi connectivity index (χ0v) is 20.6. The predicted molar refractivity (Wildman–Crippen MR) is 132 cm³/mol. The topological polar surface area (TPSA) is 66.8 Å². The summed E-state index contributed by atoms with van der Waals surface area (Å²) in [4.78, 5) is 28.0. The van der Waals surface area contributed by atoms with Crippen molar-refractivity contribution >= 4 is 17.4 Å². The van der Waals surface area contributed by atoms with Crippen LogP contribution in [0.25, 0.3) is 5.76 Å².